The van der Waals surface area contributed by atoms with Crippen molar-refractivity contribution in [1.82, 2.24) is 4.57 Å². The topological polar surface area (TPSA) is 94.8 Å². The van der Waals surface area contributed by atoms with E-state index in [1.54, 1.807) is 6.07 Å². The molecule has 1 heterocycles. The molecule has 5 rings (SSSR count). The minimum Gasteiger partial charge on any atom is -0.469 e. The summed E-state index contributed by atoms with van der Waals surface area (Å²) in [6, 6.07) is 1.78. The molecule has 4 fully saturated rings. The van der Waals surface area contributed by atoms with Gasteiger partial charge in [-0.25, -0.2) is 0 Å². The molecule has 7 heteroatoms. The fraction of sp³-hybridized carbons (Fsp3) is 0.708. The Hall–Kier alpha value is -2.15. The predicted octanol–water partition coefficient (Wildman–Crippen LogP) is 3.12. The van der Waals surface area contributed by atoms with Gasteiger partial charge in [0, 0.05) is 23.5 Å². The molecule has 31 heavy (non-hydrogen) atoms. The Morgan fingerprint density at radius 2 is 1.81 bits per heavy atom. The second kappa shape index (κ2) is 8.08. The Morgan fingerprint density at radius 1 is 1.13 bits per heavy atom. The molecule has 1 aromatic heterocycles. The third-order valence-electron chi connectivity index (χ3n) is 7.68. The van der Waals surface area contributed by atoms with Crippen molar-refractivity contribution in [3.8, 4) is 0 Å². The zero-order chi connectivity index (χ0) is 22.4. The van der Waals surface area contributed by atoms with Crippen LogP contribution in [-0.2, 0) is 25.6 Å². The maximum atomic E-state index is 12.7. The van der Waals surface area contributed by atoms with Gasteiger partial charge in [0.15, 0.2) is 6.61 Å². The number of aryl methyl sites for hydroxylation is 1. The SMILES string of the molecule is COC(=O)CCn1c(C)cc(C(=O)COC(=O)CC23C[C@@H]4C[C@@H](CC(O)(C4)C2)C3)c1C. The monoisotopic (exact) mass is 431 g/mol. The summed E-state index contributed by atoms with van der Waals surface area (Å²) in [6.45, 7) is 3.86. The van der Waals surface area contributed by atoms with Gasteiger partial charge in [0.2, 0.25) is 5.78 Å². The van der Waals surface area contributed by atoms with Crippen LogP contribution in [0.25, 0.3) is 0 Å². The maximum absolute atomic E-state index is 12.7. The summed E-state index contributed by atoms with van der Waals surface area (Å²) in [5, 5.41) is 10.9. The van der Waals surface area contributed by atoms with Crippen LogP contribution in [0, 0.1) is 31.1 Å². The van der Waals surface area contributed by atoms with Gasteiger partial charge in [-0.3, -0.25) is 14.4 Å². The minimum atomic E-state index is -0.609. The van der Waals surface area contributed by atoms with Gasteiger partial charge >= 0.3 is 11.9 Å². The van der Waals surface area contributed by atoms with Crippen molar-refractivity contribution in [1.29, 1.82) is 0 Å². The molecular formula is C24H33NO6. The van der Waals surface area contributed by atoms with E-state index in [0.717, 1.165) is 37.1 Å². The zero-order valence-corrected chi connectivity index (χ0v) is 18.7. The smallest absolute Gasteiger partial charge is 0.307 e. The number of nitrogens with zero attached hydrogens (tertiary/aromatic N) is 1. The first-order valence-electron chi connectivity index (χ1n) is 11.3. The van der Waals surface area contributed by atoms with Crippen LogP contribution in [0.15, 0.2) is 6.07 Å². The summed E-state index contributed by atoms with van der Waals surface area (Å²) in [4.78, 5) is 36.8. The molecule has 1 aromatic rings. The standard InChI is InChI=1S/C24H33NO6/c1-15-6-19(16(2)25(15)5-4-21(27)30-3)20(26)13-31-22(28)12-23-8-17-7-18(9-23)11-24(29,10-17)14-23/h6,17-18,29H,4-5,7-14H2,1-3H3/t17-,18+,23?,24?. The highest BCUT2D eigenvalue weighted by Gasteiger charge is 2.57. The first-order chi connectivity index (χ1) is 14.6. The summed E-state index contributed by atoms with van der Waals surface area (Å²) in [5.41, 5.74) is 1.37. The van der Waals surface area contributed by atoms with E-state index in [2.05, 4.69) is 4.74 Å². The summed E-state index contributed by atoms with van der Waals surface area (Å²) >= 11 is 0. The van der Waals surface area contributed by atoms with Gasteiger partial charge in [0.05, 0.1) is 25.6 Å². The molecule has 170 valence electrons. The molecule has 0 amide bonds. The molecule has 4 saturated carbocycles. The molecule has 7 nitrogen and oxygen atoms in total. The normalized spacial score (nSPS) is 31.0. The van der Waals surface area contributed by atoms with Crippen LogP contribution < -0.4 is 0 Å². The molecule has 4 atom stereocenters. The Kier molecular flexibility index (Phi) is 5.75. The average molecular weight is 432 g/mol. The lowest BCUT2D eigenvalue weighted by Crippen LogP contribution is -2.56. The summed E-state index contributed by atoms with van der Waals surface area (Å²) in [5.74, 6) is 0.129. The van der Waals surface area contributed by atoms with Crippen molar-refractivity contribution >= 4 is 17.7 Å². The number of aliphatic hydroxyl groups is 1. The van der Waals surface area contributed by atoms with Crippen molar-refractivity contribution in [2.45, 2.75) is 77.4 Å². The number of aromatic nitrogens is 1. The third-order valence-corrected chi connectivity index (χ3v) is 7.68. The number of rotatable bonds is 8. The van der Waals surface area contributed by atoms with E-state index in [1.165, 1.54) is 13.5 Å². The number of hydrogen-bond acceptors (Lipinski definition) is 6. The molecule has 4 aliphatic carbocycles. The molecule has 1 N–H and O–H groups in total. The number of carbonyl (C=O) groups is 3. The number of hydrogen-bond donors (Lipinski definition) is 1. The summed E-state index contributed by atoms with van der Waals surface area (Å²) < 4.78 is 12.0. The second-order valence-corrected chi connectivity index (χ2v) is 10.2. The number of ether oxygens (including phenoxy) is 2. The van der Waals surface area contributed by atoms with E-state index in [1.807, 2.05) is 18.4 Å². The highest BCUT2D eigenvalue weighted by molar-refractivity contribution is 5.99. The fourth-order valence-electron chi connectivity index (χ4n) is 6.92. The van der Waals surface area contributed by atoms with Gasteiger partial charge in [-0.2, -0.15) is 0 Å². The fourth-order valence-corrected chi connectivity index (χ4v) is 6.92. The van der Waals surface area contributed by atoms with E-state index >= 15 is 0 Å². The van der Waals surface area contributed by atoms with Crippen LogP contribution in [0.2, 0.25) is 0 Å². The van der Waals surface area contributed by atoms with Crippen LogP contribution >= 0.6 is 0 Å². The van der Waals surface area contributed by atoms with Gasteiger partial charge in [-0.1, -0.05) is 0 Å². The van der Waals surface area contributed by atoms with E-state index in [4.69, 9.17) is 4.74 Å². The first-order valence-corrected chi connectivity index (χ1v) is 11.3. The largest absolute Gasteiger partial charge is 0.469 e. The van der Waals surface area contributed by atoms with Gasteiger partial charge < -0.3 is 19.1 Å². The highest BCUT2D eigenvalue weighted by Crippen LogP contribution is 2.62. The third kappa shape index (κ3) is 4.43. The molecule has 0 spiro atoms. The van der Waals surface area contributed by atoms with Crippen LogP contribution in [0.1, 0.15) is 73.1 Å². The van der Waals surface area contributed by atoms with Crippen LogP contribution in [0.4, 0.5) is 0 Å². The molecule has 4 aliphatic rings. The van der Waals surface area contributed by atoms with E-state index < -0.39 is 5.60 Å². The van der Waals surface area contributed by atoms with Crippen molar-refractivity contribution < 1.29 is 29.0 Å². The Balaban J connectivity index is 1.34. The minimum absolute atomic E-state index is 0.164. The predicted molar refractivity (Wildman–Crippen MR) is 113 cm³/mol. The van der Waals surface area contributed by atoms with Crippen molar-refractivity contribution in [2.75, 3.05) is 13.7 Å². The van der Waals surface area contributed by atoms with E-state index in [-0.39, 0.29) is 42.6 Å². The molecule has 0 aliphatic heterocycles. The Morgan fingerprint density at radius 3 is 2.42 bits per heavy atom. The van der Waals surface area contributed by atoms with Crippen molar-refractivity contribution in [3.05, 3.63) is 23.0 Å². The lowest BCUT2D eigenvalue weighted by atomic mass is 9.47. The Labute approximate surface area is 183 Å². The number of carbonyl (C=O) groups excluding carboxylic acids is 3. The Bertz CT molecular complexity index is 886. The first kappa shape index (κ1) is 22.1. The van der Waals surface area contributed by atoms with Gasteiger partial charge in [-0.05, 0) is 75.7 Å². The molecule has 2 unspecified atom stereocenters. The van der Waals surface area contributed by atoms with Crippen molar-refractivity contribution in [3.63, 3.8) is 0 Å². The molecule has 4 bridgehead atoms. The number of methoxy groups -OCH3 is 1. The van der Waals surface area contributed by atoms with Gasteiger partial charge in [0.1, 0.15) is 0 Å². The molecule has 0 radical (unpaired) electrons. The summed E-state index contributed by atoms with van der Waals surface area (Å²) in [7, 11) is 1.35. The lowest BCUT2D eigenvalue weighted by Gasteiger charge is -2.60. The number of ketones is 1. The number of esters is 2. The molecule has 0 aromatic carbocycles. The average Bonchev–Trinajstić information content (AvgIpc) is 2.95. The maximum Gasteiger partial charge on any atom is 0.307 e. The quantitative estimate of drug-likeness (QED) is 0.502. The van der Waals surface area contributed by atoms with Crippen LogP contribution in [0.5, 0.6) is 0 Å². The van der Waals surface area contributed by atoms with E-state index in [9.17, 15) is 19.5 Å². The van der Waals surface area contributed by atoms with Crippen LogP contribution in [-0.4, -0.2) is 46.7 Å². The summed E-state index contributed by atoms with van der Waals surface area (Å²) in [6.07, 6.45) is 6.06. The lowest BCUT2D eigenvalue weighted by molar-refractivity contribution is -0.176. The van der Waals surface area contributed by atoms with Gasteiger partial charge in [-0.15, -0.1) is 0 Å². The van der Waals surface area contributed by atoms with Crippen LogP contribution in [0.3, 0.4) is 0 Å². The molecular weight excluding hydrogens is 398 g/mol. The second-order valence-electron chi connectivity index (χ2n) is 10.2. The van der Waals surface area contributed by atoms with Gasteiger partial charge in [0.25, 0.3) is 0 Å². The highest BCUT2D eigenvalue weighted by atomic mass is 16.5. The molecule has 0 saturated heterocycles. The van der Waals surface area contributed by atoms with E-state index in [0.29, 0.717) is 30.4 Å². The number of Topliss-reactive ketones (excluding diaryl/α,β-unsaturated/α-hetero) is 1. The zero-order valence-electron chi connectivity index (χ0n) is 18.7. The van der Waals surface area contributed by atoms with Crippen molar-refractivity contribution in [2.24, 2.45) is 17.3 Å².